The van der Waals surface area contributed by atoms with Crippen molar-refractivity contribution in [1.82, 2.24) is 20.4 Å². The summed E-state index contributed by atoms with van der Waals surface area (Å²) < 4.78 is 1.33. The van der Waals surface area contributed by atoms with Crippen LogP contribution in [0.15, 0.2) is 30.5 Å². The second-order valence-electron chi connectivity index (χ2n) is 4.05. The van der Waals surface area contributed by atoms with Crippen molar-refractivity contribution in [3.63, 3.8) is 0 Å². The number of nitrogens with one attached hydrogen (secondary N) is 1. The number of aliphatic hydroxyl groups excluding tert-OH is 1. The number of nitrogens with zero attached hydrogens (tertiary/aromatic N) is 4. The number of benzene rings is 1. The third-order valence-corrected chi connectivity index (χ3v) is 2.66. The van der Waals surface area contributed by atoms with Crippen LogP contribution in [0.4, 0.5) is 0 Å². The van der Waals surface area contributed by atoms with Crippen molar-refractivity contribution in [2.75, 3.05) is 0 Å². The van der Waals surface area contributed by atoms with Gasteiger partial charge in [-0.05, 0) is 17.7 Å². The van der Waals surface area contributed by atoms with Crippen molar-refractivity contribution in [1.29, 1.82) is 5.26 Å². The maximum absolute atomic E-state index is 11.2. The van der Waals surface area contributed by atoms with Crippen molar-refractivity contribution < 1.29 is 9.90 Å². The Bertz CT molecular complexity index is 660. The van der Waals surface area contributed by atoms with Gasteiger partial charge in [0.25, 0.3) is 5.91 Å². The molecule has 1 heterocycles. The van der Waals surface area contributed by atoms with Crippen molar-refractivity contribution >= 4 is 5.91 Å². The number of carbonyl (C=O) groups excluding carboxylic acids is 1. The second-order valence-corrected chi connectivity index (χ2v) is 4.05. The zero-order valence-electron chi connectivity index (χ0n) is 10.4. The monoisotopic (exact) mass is 272 g/mol. The number of hydrogen-bond acceptors (Lipinski definition) is 6. The third kappa shape index (κ3) is 2.97. The Morgan fingerprint density at radius 1 is 1.60 bits per heavy atom. The number of amides is 1. The molecule has 0 fully saturated rings. The normalized spacial score (nSPS) is 11.7. The number of aliphatic hydroxyl groups is 1. The minimum absolute atomic E-state index is 0.0606. The number of nitrogens with two attached hydrogens (primary N) is 1. The molecule has 4 N–H and O–H groups in total. The van der Waals surface area contributed by atoms with Gasteiger partial charge in [-0.25, -0.2) is 10.5 Å². The molecule has 0 spiro atoms. The van der Waals surface area contributed by atoms with Crippen LogP contribution >= 0.6 is 0 Å². The van der Waals surface area contributed by atoms with Gasteiger partial charge in [-0.1, -0.05) is 17.3 Å². The van der Waals surface area contributed by atoms with Crippen LogP contribution < -0.4 is 11.3 Å². The molecule has 1 atom stereocenters. The molecule has 102 valence electrons. The van der Waals surface area contributed by atoms with Crippen molar-refractivity contribution in [2.24, 2.45) is 5.84 Å². The van der Waals surface area contributed by atoms with Crippen molar-refractivity contribution in [2.45, 2.75) is 12.6 Å². The molecule has 0 saturated heterocycles. The van der Waals surface area contributed by atoms with E-state index in [1.807, 2.05) is 11.5 Å². The average molecular weight is 272 g/mol. The topological polar surface area (TPSA) is 130 Å². The van der Waals surface area contributed by atoms with Crippen LogP contribution in [-0.4, -0.2) is 26.0 Å². The fourth-order valence-corrected chi connectivity index (χ4v) is 1.66. The molecule has 2 aromatic rings. The van der Waals surface area contributed by atoms with Crippen molar-refractivity contribution in [3.8, 4) is 6.07 Å². The van der Waals surface area contributed by atoms with Gasteiger partial charge in [-0.15, -0.1) is 5.10 Å². The quantitative estimate of drug-likeness (QED) is 0.390. The first-order valence-corrected chi connectivity index (χ1v) is 5.73. The van der Waals surface area contributed by atoms with Gasteiger partial charge >= 0.3 is 0 Å². The molecule has 0 aliphatic rings. The van der Waals surface area contributed by atoms with Crippen LogP contribution in [0.1, 0.15) is 27.7 Å². The number of nitriles is 1. The first-order valence-electron chi connectivity index (χ1n) is 5.73. The highest BCUT2D eigenvalue weighted by atomic mass is 16.3. The summed E-state index contributed by atoms with van der Waals surface area (Å²) in [6.45, 7) is 0.111. The lowest BCUT2D eigenvalue weighted by atomic mass is 10.1. The number of nitrogen functional groups attached to an aromatic ring is 1. The van der Waals surface area contributed by atoms with Crippen LogP contribution in [0.2, 0.25) is 0 Å². The zero-order valence-corrected chi connectivity index (χ0v) is 10.4. The molecule has 0 unspecified atom stereocenters. The summed E-state index contributed by atoms with van der Waals surface area (Å²) in [5, 5.41) is 26.2. The molecule has 0 bridgehead atoms. The smallest absolute Gasteiger partial charge is 0.287 e. The summed E-state index contributed by atoms with van der Waals surface area (Å²) in [6, 6.07) is 8.63. The Kier molecular flexibility index (Phi) is 4.05. The molecule has 1 amide bonds. The molecule has 0 saturated carbocycles. The molecule has 20 heavy (non-hydrogen) atoms. The van der Waals surface area contributed by atoms with Crippen LogP contribution in [0, 0.1) is 11.3 Å². The molecule has 8 nitrogen and oxygen atoms in total. The molecule has 0 aliphatic carbocycles. The SMILES string of the molecule is N#Cc1cccc([C@H](O)Cn2cc(C(=O)NN)nn2)c1. The highest BCUT2D eigenvalue weighted by Crippen LogP contribution is 2.16. The number of rotatable bonds is 4. The fourth-order valence-electron chi connectivity index (χ4n) is 1.66. The van der Waals surface area contributed by atoms with Gasteiger partial charge in [0, 0.05) is 0 Å². The summed E-state index contributed by atoms with van der Waals surface area (Å²) >= 11 is 0. The van der Waals surface area contributed by atoms with E-state index in [4.69, 9.17) is 11.1 Å². The van der Waals surface area contributed by atoms with Gasteiger partial charge in [-0.2, -0.15) is 5.26 Å². The maximum atomic E-state index is 11.2. The predicted molar refractivity (Wildman–Crippen MR) is 67.8 cm³/mol. The minimum atomic E-state index is -0.862. The van der Waals surface area contributed by atoms with E-state index in [-0.39, 0.29) is 12.2 Å². The standard InChI is InChI=1S/C12H12N6O2/c13-5-8-2-1-3-9(4-8)11(19)7-18-6-10(16-17-18)12(20)15-14/h1-4,6,11,19H,7,14H2,(H,15,20)/t11-/m1/s1. The van der Waals surface area contributed by atoms with Gasteiger partial charge in [0.15, 0.2) is 5.69 Å². The lowest BCUT2D eigenvalue weighted by molar-refractivity contribution is 0.0948. The number of hydrogen-bond donors (Lipinski definition) is 3. The number of hydrazine groups is 1. The van der Waals surface area contributed by atoms with E-state index < -0.39 is 12.0 Å². The summed E-state index contributed by atoms with van der Waals surface area (Å²) in [7, 11) is 0. The van der Waals surface area contributed by atoms with E-state index in [0.717, 1.165) is 0 Å². The van der Waals surface area contributed by atoms with Crippen LogP contribution in [-0.2, 0) is 6.54 Å². The second kappa shape index (κ2) is 5.92. The number of carbonyl (C=O) groups is 1. The molecule has 0 aliphatic heterocycles. The zero-order chi connectivity index (χ0) is 14.5. The first-order chi connectivity index (χ1) is 9.63. The Balaban J connectivity index is 2.11. The summed E-state index contributed by atoms with van der Waals surface area (Å²) in [5.41, 5.74) is 3.05. The molecular weight excluding hydrogens is 260 g/mol. The van der Waals surface area contributed by atoms with Gasteiger partial charge < -0.3 is 5.11 Å². The summed E-state index contributed by atoms with van der Waals surface area (Å²) in [5.74, 6) is 4.42. The Morgan fingerprint density at radius 3 is 3.10 bits per heavy atom. The lowest BCUT2D eigenvalue weighted by Crippen LogP contribution is -2.30. The van der Waals surface area contributed by atoms with E-state index in [1.165, 1.54) is 10.9 Å². The molecule has 1 aromatic carbocycles. The van der Waals surface area contributed by atoms with Crippen LogP contribution in [0.5, 0.6) is 0 Å². The molecule has 1 aromatic heterocycles. The maximum Gasteiger partial charge on any atom is 0.287 e. The fraction of sp³-hybridized carbons (Fsp3) is 0.167. The van der Waals surface area contributed by atoms with Crippen LogP contribution in [0.3, 0.4) is 0 Å². The Labute approximate surface area is 114 Å². The molecule has 0 radical (unpaired) electrons. The third-order valence-electron chi connectivity index (χ3n) is 2.66. The highest BCUT2D eigenvalue weighted by Gasteiger charge is 2.13. The Morgan fingerprint density at radius 2 is 2.40 bits per heavy atom. The van der Waals surface area contributed by atoms with Crippen LogP contribution in [0.25, 0.3) is 0 Å². The van der Waals surface area contributed by atoms with Gasteiger partial charge in [0.05, 0.1) is 30.5 Å². The summed E-state index contributed by atoms with van der Waals surface area (Å²) in [4.78, 5) is 11.2. The molecule has 2 rings (SSSR count). The minimum Gasteiger partial charge on any atom is -0.386 e. The van der Waals surface area contributed by atoms with E-state index in [9.17, 15) is 9.90 Å². The Hall–Kier alpha value is -2.76. The van der Waals surface area contributed by atoms with Gasteiger partial charge in [0.2, 0.25) is 0 Å². The van der Waals surface area contributed by atoms with E-state index in [1.54, 1.807) is 24.3 Å². The van der Waals surface area contributed by atoms with E-state index >= 15 is 0 Å². The largest absolute Gasteiger partial charge is 0.386 e. The van der Waals surface area contributed by atoms with Gasteiger partial charge in [-0.3, -0.25) is 10.2 Å². The average Bonchev–Trinajstić information content (AvgIpc) is 2.95. The lowest BCUT2D eigenvalue weighted by Gasteiger charge is -2.10. The van der Waals surface area contributed by atoms with Gasteiger partial charge in [0.1, 0.15) is 0 Å². The van der Waals surface area contributed by atoms with Crippen molar-refractivity contribution in [3.05, 3.63) is 47.3 Å². The molecule has 8 heteroatoms. The highest BCUT2D eigenvalue weighted by molar-refractivity contribution is 5.91. The molecular formula is C12H12N6O2. The first kappa shape index (κ1) is 13.7. The number of aromatic nitrogens is 3. The van der Waals surface area contributed by atoms with E-state index in [0.29, 0.717) is 11.1 Å². The van der Waals surface area contributed by atoms with E-state index in [2.05, 4.69) is 10.3 Å². The predicted octanol–water partition coefficient (Wildman–Crippen LogP) is -0.513. The summed E-state index contributed by atoms with van der Waals surface area (Å²) in [6.07, 6.45) is 0.512.